The van der Waals surface area contributed by atoms with Crippen LogP contribution in [0, 0.1) is 5.92 Å². The summed E-state index contributed by atoms with van der Waals surface area (Å²) in [7, 11) is 1.96. The molecule has 1 N–H and O–H groups in total. The molecular formula is C13H17Cl2NO. The Balaban J connectivity index is 2.28. The molecule has 1 saturated heterocycles. The highest BCUT2D eigenvalue weighted by molar-refractivity contribution is 6.35. The average Bonchev–Trinajstić information content (AvgIpc) is 2.69. The standard InChI is InChI=1S/C13H17Cl2NO/c1-8-10(5-6-17-8)13(16-2)11-4-3-9(14)7-12(11)15/h3-4,7-8,10,13,16H,5-6H2,1-2H3. The number of ether oxygens (including phenoxy) is 1. The Bertz CT molecular complexity index is 397. The molecule has 0 radical (unpaired) electrons. The molecule has 1 aliphatic rings. The molecule has 0 aliphatic carbocycles. The van der Waals surface area contributed by atoms with E-state index in [0.29, 0.717) is 10.9 Å². The van der Waals surface area contributed by atoms with Gasteiger partial charge in [-0.3, -0.25) is 0 Å². The van der Waals surface area contributed by atoms with Gasteiger partial charge in [0.25, 0.3) is 0 Å². The average molecular weight is 274 g/mol. The van der Waals surface area contributed by atoms with Gasteiger partial charge < -0.3 is 10.1 Å². The van der Waals surface area contributed by atoms with Crippen LogP contribution in [0.3, 0.4) is 0 Å². The van der Waals surface area contributed by atoms with Gasteiger partial charge in [-0.15, -0.1) is 0 Å². The normalized spacial score (nSPS) is 26.1. The lowest BCUT2D eigenvalue weighted by Gasteiger charge is -2.26. The summed E-state index contributed by atoms with van der Waals surface area (Å²) in [5.74, 6) is 0.457. The Kier molecular flexibility index (Phi) is 4.31. The van der Waals surface area contributed by atoms with Crippen molar-refractivity contribution in [3.05, 3.63) is 33.8 Å². The van der Waals surface area contributed by atoms with E-state index in [-0.39, 0.29) is 12.1 Å². The third-order valence-corrected chi connectivity index (χ3v) is 4.03. The zero-order valence-electron chi connectivity index (χ0n) is 10.0. The first-order valence-electron chi connectivity index (χ1n) is 5.87. The fraction of sp³-hybridized carbons (Fsp3) is 0.538. The molecular weight excluding hydrogens is 257 g/mol. The van der Waals surface area contributed by atoms with Gasteiger partial charge in [0.2, 0.25) is 0 Å². The maximum atomic E-state index is 6.26. The minimum atomic E-state index is 0.220. The Morgan fingerprint density at radius 3 is 2.71 bits per heavy atom. The van der Waals surface area contributed by atoms with Crippen molar-refractivity contribution in [2.24, 2.45) is 5.92 Å². The molecule has 1 fully saturated rings. The zero-order chi connectivity index (χ0) is 12.4. The van der Waals surface area contributed by atoms with Gasteiger partial charge in [-0.05, 0) is 38.1 Å². The van der Waals surface area contributed by atoms with E-state index in [1.54, 1.807) is 6.07 Å². The van der Waals surface area contributed by atoms with Crippen molar-refractivity contribution in [3.8, 4) is 0 Å². The molecule has 0 bridgehead atoms. The molecule has 0 spiro atoms. The van der Waals surface area contributed by atoms with Gasteiger partial charge in [-0.2, -0.15) is 0 Å². The van der Waals surface area contributed by atoms with Crippen molar-refractivity contribution in [1.82, 2.24) is 5.32 Å². The molecule has 2 nitrogen and oxygen atoms in total. The van der Waals surface area contributed by atoms with Crippen molar-refractivity contribution in [2.45, 2.75) is 25.5 Å². The van der Waals surface area contributed by atoms with E-state index in [4.69, 9.17) is 27.9 Å². The van der Waals surface area contributed by atoms with E-state index in [0.717, 1.165) is 23.6 Å². The van der Waals surface area contributed by atoms with Crippen molar-refractivity contribution in [3.63, 3.8) is 0 Å². The maximum absolute atomic E-state index is 6.26. The number of halogens is 2. The van der Waals surface area contributed by atoms with E-state index in [9.17, 15) is 0 Å². The second-order valence-corrected chi connectivity index (χ2v) is 5.30. The van der Waals surface area contributed by atoms with Crippen LogP contribution in [0.25, 0.3) is 0 Å². The van der Waals surface area contributed by atoms with Gasteiger partial charge in [0.1, 0.15) is 0 Å². The molecule has 3 atom stereocenters. The minimum Gasteiger partial charge on any atom is -0.378 e. The summed E-state index contributed by atoms with van der Waals surface area (Å²) in [5.41, 5.74) is 1.10. The quantitative estimate of drug-likeness (QED) is 0.907. The third-order valence-electron chi connectivity index (χ3n) is 3.47. The first-order valence-corrected chi connectivity index (χ1v) is 6.63. The third kappa shape index (κ3) is 2.76. The number of nitrogens with one attached hydrogen (secondary N) is 1. The molecule has 0 saturated carbocycles. The molecule has 2 rings (SSSR count). The van der Waals surface area contributed by atoms with Gasteiger partial charge in [-0.25, -0.2) is 0 Å². The molecule has 3 unspecified atom stereocenters. The van der Waals surface area contributed by atoms with Crippen LogP contribution in [-0.4, -0.2) is 19.8 Å². The largest absolute Gasteiger partial charge is 0.378 e. The Labute approximate surface area is 112 Å². The highest BCUT2D eigenvalue weighted by Gasteiger charge is 2.32. The lowest BCUT2D eigenvalue weighted by atomic mass is 9.88. The highest BCUT2D eigenvalue weighted by atomic mass is 35.5. The summed E-state index contributed by atoms with van der Waals surface area (Å²) >= 11 is 12.2. The molecule has 1 aromatic carbocycles. The molecule has 1 aliphatic heterocycles. The number of rotatable bonds is 3. The van der Waals surface area contributed by atoms with Crippen LogP contribution in [0.15, 0.2) is 18.2 Å². The van der Waals surface area contributed by atoms with Crippen molar-refractivity contribution >= 4 is 23.2 Å². The fourth-order valence-electron chi connectivity index (χ4n) is 2.54. The summed E-state index contributed by atoms with van der Waals surface area (Å²) in [6, 6.07) is 5.89. The van der Waals surface area contributed by atoms with Gasteiger partial charge in [0, 0.05) is 28.6 Å². The lowest BCUT2D eigenvalue weighted by Crippen LogP contribution is -2.29. The van der Waals surface area contributed by atoms with Crippen LogP contribution in [-0.2, 0) is 4.74 Å². The molecule has 94 valence electrons. The van der Waals surface area contributed by atoms with E-state index < -0.39 is 0 Å². The monoisotopic (exact) mass is 273 g/mol. The van der Waals surface area contributed by atoms with Crippen LogP contribution in [0.5, 0.6) is 0 Å². The predicted molar refractivity (Wildman–Crippen MR) is 71.8 cm³/mol. The van der Waals surface area contributed by atoms with Crippen LogP contribution in [0.1, 0.15) is 24.9 Å². The Morgan fingerprint density at radius 1 is 1.41 bits per heavy atom. The van der Waals surface area contributed by atoms with Crippen LogP contribution in [0.4, 0.5) is 0 Å². The van der Waals surface area contributed by atoms with Crippen molar-refractivity contribution in [1.29, 1.82) is 0 Å². The fourth-order valence-corrected chi connectivity index (χ4v) is 3.07. The predicted octanol–water partition coefficient (Wildman–Crippen LogP) is 3.68. The van der Waals surface area contributed by atoms with E-state index in [1.165, 1.54) is 0 Å². The summed E-state index contributed by atoms with van der Waals surface area (Å²) in [6.45, 7) is 2.95. The lowest BCUT2D eigenvalue weighted by molar-refractivity contribution is 0.0963. The van der Waals surface area contributed by atoms with Gasteiger partial charge in [-0.1, -0.05) is 29.3 Å². The number of hydrogen-bond donors (Lipinski definition) is 1. The minimum absolute atomic E-state index is 0.220. The Morgan fingerprint density at radius 2 is 2.18 bits per heavy atom. The van der Waals surface area contributed by atoms with Crippen LogP contribution < -0.4 is 5.32 Å². The summed E-state index contributed by atoms with van der Waals surface area (Å²) in [5, 5.41) is 4.73. The van der Waals surface area contributed by atoms with Crippen LogP contribution in [0.2, 0.25) is 10.0 Å². The highest BCUT2D eigenvalue weighted by Crippen LogP contribution is 2.36. The van der Waals surface area contributed by atoms with Crippen LogP contribution >= 0.6 is 23.2 Å². The maximum Gasteiger partial charge on any atom is 0.0594 e. The summed E-state index contributed by atoms with van der Waals surface area (Å²) in [6.07, 6.45) is 1.32. The first kappa shape index (κ1) is 13.2. The van der Waals surface area contributed by atoms with E-state index in [2.05, 4.69) is 12.2 Å². The topological polar surface area (TPSA) is 21.3 Å². The van der Waals surface area contributed by atoms with Gasteiger partial charge >= 0.3 is 0 Å². The molecule has 0 aromatic heterocycles. The first-order chi connectivity index (χ1) is 8.13. The molecule has 0 amide bonds. The van der Waals surface area contributed by atoms with Crippen molar-refractivity contribution < 1.29 is 4.74 Å². The second-order valence-electron chi connectivity index (χ2n) is 4.46. The zero-order valence-corrected chi connectivity index (χ0v) is 11.6. The van der Waals surface area contributed by atoms with Gasteiger partial charge in [0.05, 0.1) is 6.10 Å². The number of benzene rings is 1. The summed E-state index contributed by atoms with van der Waals surface area (Å²) < 4.78 is 5.62. The number of hydrogen-bond acceptors (Lipinski definition) is 2. The second kappa shape index (κ2) is 5.57. The van der Waals surface area contributed by atoms with E-state index >= 15 is 0 Å². The van der Waals surface area contributed by atoms with Gasteiger partial charge in [0.15, 0.2) is 0 Å². The molecule has 1 heterocycles. The molecule has 17 heavy (non-hydrogen) atoms. The summed E-state index contributed by atoms with van der Waals surface area (Å²) in [4.78, 5) is 0. The SMILES string of the molecule is CNC(c1ccc(Cl)cc1Cl)C1CCOC1C. The van der Waals surface area contributed by atoms with Crippen molar-refractivity contribution in [2.75, 3.05) is 13.7 Å². The Hall–Kier alpha value is -0.280. The van der Waals surface area contributed by atoms with E-state index in [1.807, 2.05) is 19.2 Å². The smallest absolute Gasteiger partial charge is 0.0594 e. The molecule has 4 heteroatoms. The molecule has 1 aromatic rings.